The van der Waals surface area contributed by atoms with Crippen LogP contribution in [0.25, 0.3) is 0 Å². The van der Waals surface area contributed by atoms with Crippen molar-refractivity contribution in [3.8, 4) is 11.5 Å². The Morgan fingerprint density at radius 1 is 1.11 bits per heavy atom. The molecule has 19 heavy (non-hydrogen) atoms. The highest BCUT2D eigenvalue weighted by molar-refractivity contribution is 6.63. The Kier molecular flexibility index (Phi) is 4.58. The van der Waals surface area contributed by atoms with Gasteiger partial charge < -0.3 is 4.74 Å². The molecule has 0 radical (unpaired) electrons. The van der Waals surface area contributed by atoms with Crippen LogP contribution in [-0.4, -0.2) is 5.24 Å². The molecular weight excluding hydrogens is 260 g/mol. The summed E-state index contributed by atoms with van der Waals surface area (Å²) in [7, 11) is 0. The minimum atomic E-state index is -0.318. The van der Waals surface area contributed by atoms with Crippen LogP contribution in [0.3, 0.4) is 0 Å². The lowest BCUT2D eigenvalue weighted by atomic mass is 9.98. The minimum Gasteiger partial charge on any atom is -0.457 e. The van der Waals surface area contributed by atoms with Crippen molar-refractivity contribution in [3.05, 3.63) is 60.2 Å². The van der Waals surface area contributed by atoms with Gasteiger partial charge in [-0.25, -0.2) is 0 Å². The van der Waals surface area contributed by atoms with E-state index < -0.39 is 0 Å². The van der Waals surface area contributed by atoms with Gasteiger partial charge in [0, 0.05) is 6.42 Å². The van der Waals surface area contributed by atoms with E-state index in [1.165, 1.54) is 0 Å². The van der Waals surface area contributed by atoms with Crippen LogP contribution in [0.15, 0.2) is 54.6 Å². The quantitative estimate of drug-likeness (QED) is 0.736. The molecule has 2 aromatic rings. The maximum absolute atomic E-state index is 10.9. The first kappa shape index (κ1) is 13.6. The fourth-order valence-electron chi connectivity index (χ4n) is 1.87. The van der Waals surface area contributed by atoms with Crippen molar-refractivity contribution in [1.82, 2.24) is 0 Å². The molecule has 0 aromatic heterocycles. The fraction of sp³-hybridized carbons (Fsp3) is 0.188. The Hall–Kier alpha value is -1.80. The second-order valence-corrected chi connectivity index (χ2v) is 4.87. The summed E-state index contributed by atoms with van der Waals surface area (Å²) in [6.07, 6.45) is 0.330. The topological polar surface area (TPSA) is 26.3 Å². The Bertz CT molecular complexity index is 552. The summed E-state index contributed by atoms with van der Waals surface area (Å²) in [5.74, 6) is 1.64. The van der Waals surface area contributed by atoms with Gasteiger partial charge in [-0.1, -0.05) is 37.3 Å². The van der Waals surface area contributed by atoms with Gasteiger partial charge in [-0.05, 0) is 47.3 Å². The molecule has 2 nitrogen and oxygen atoms in total. The molecule has 0 aliphatic heterocycles. The van der Waals surface area contributed by atoms with Crippen LogP contribution < -0.4 is 4.74 Å². The van der Waals surface area contributed by atoms with Crippen LogP contribution in [-0.2, 0) is 4.79 Å². The van der Waals surface area contributed by atoms with Crippen molar-refractivity contribution in [1.29, 1.82) is 0 Å². The van der Waals surface area contributed by atoms with Crippen LogP contribution in [0, 0.1) is 0 Å². The summed E-state index contributed by atoms with van der Waals surface area (Å²) >= 11 is 5.42. The number of para-hydroxylation sites is 1. The van der Waals surface area contributed by atoms with E-state index in [1.54, 1.807) is 0 Å². The number of rotatable bonds is 5. The van der Waals surface area contributed by atoms with E-state index in [0.717, 1.165) is 17.1 Å². The molecular formula is C16H15ClO2. The summed E-state index contributed by atoms with van der Waals surface area (Å²) in [5.41, 5.74) is 1.04. The zero-order chi connectivity index (χ0) is 13.7. The average molecular weight is 275 g/mol. The predicted octanol–water partition coefficient (Wildman–Crippen LogP) is 4.74. The van der Waals surface area contributed by atoms with Crippen LogP contribution in [0.5, 0.6) is 11.5 Å². The third kappa shape index (κ3) is 4.11. The van der Waals surface area contributed by atoms with Gasteiger partial charge in [-0.15, -0.1) is 0 Å². The molecule has 0 spiro atoms. The number of benzene rings is 2. The van der Waals surface area contributed by atoms with E-state index in [2.05, 4.69) is 0 Å². The lowest BCUT2D eigenvalue weighted by Gasteiger charge is -2.11. The van der Waals surface area contributed by atoms with E-state index >= 15 is 0 Å². The third-order valence-corrected chi connectivity index (χ3v) is 3.03. The fourth-order valence-corrected chi connectivity index (χ4v) is 2.10. The SMILES string of the molecule is CC(CC(=O)Cl)c1cccc(Oc2ccccc2)c1. The summed E-state index contributed by atoms with van der Waals surface area (Å²) in [4.78, 5) is 10.9. The van der Waals surface area contributed by atoms with Crippen LogP contribution in [0.2, 0.25) is 0 Å². The molecule has 2 aromatic carbocycles. The molecule has 0 fully saturated rings. The maximum atomic E-state index is 10.9. The van der Waals surface area contributed by atoms with Gasteiger partial charge in [-0.3, -0.25) is 4.79 Å². The second kappa shape index (κ2) is 6.39. The van der Waals surface area contributed by atoms with Gasteiger partial charge in [0.05, 0.1) is 0 Å². The summed E-state index contributed by atoms with van der Waals surface area (Å²) < 4.78 is 5.76. The number of carbonyl (C=O) groups is 1. The van der Waals surface area contributed by atoms with Crippen molar-refractivity contribution < 1.29 is 9.53 Å². The Morgan fingerprint density at radius 2 is 1.79 bits per heavy atom. The molecule has 0 saturated heterocycles. The summed E-state index contributed by atoms with van der Waals surface area (Å²) in [6, 6.07) is 17.3. The molecule has 0 amide bonds. The van der Waals surface area contributed by atoms with Gasteiger partial charge in [0.15, 0.2) is 0 Å². The molecule has 0 saturated carbocycles. The molecule has 1 atom stereocenters. The van der Waals surface area contributed by atoms with Crippen molar-refractivity contribution in [2.24, 2.45) is 0 Å². The largest absolute Gasteiger partial charge is 0.457 e. The average Bonchev–Trinajstić information content (AvgIpc) is 2.39. The van der Waals surface area contributed by atoms with Crippen LogP contribution in [0.4, 0.5) is 0 Å². The first-order valence-corrected chi connectivity index (χ1v) is 6.54. The molecule has 98 valence electrons. The minimum absolute atomic E-state index is 0.0873. The zero-order valence-corrected chi connectivity index (χ0v) is 11.4. The van der Waals surface area contributed by atoms with Crippen molar-refractivity contribution in [2.45, 2.75) is 19.3 Å². The Morgan fingerprint density at radius 3 is 2.47 bits per heavy atom. The lowest BCUT2D eigenvalue weighted by molar-refractivity contribution is -0.111. The molecule has 0 heterocycles. The first-order valence-electron chi connectivity index (χ1n) is 6.16. The van der Waals surface area contributed by atoms with Crippen LogP contribution in [0.1, 0.15) is 24.8 Å². The molecule has 0 aliphatic carbocycles. The van der Waals surface area contributed by atoms with Crippen LogP contribution >= 0.6 is 11.6 Å². The number of halogens is 1. The van der Waals surface area contributed by atoms with Crippen molar-refractivity contribution in [2.75, 3.05) is 0 Å². The molecule has 2 rings (SSSR count). The van der Waals surface area contributed by atoms with Gasteiger partial charge in [-0.2, -0.15) is 0 Å². The first-order chi connectivity index (χ1) is 9.15. The third-order valence-electron chi connectivity index (χ3n) is 2.87. The van der Waals surface area contributed by atoms with Gasteiger partial charge in [0.25, 0.3) is 0 Å². The van der Waals surface area contributed by atoms with E-state index in [1.807, 2.05) is 61.5 Å². The highest BCUT2D eigenvalue weighted by Gasteiger charge is 2.10. The predicted molar refractivity (Wildman–Crippen MR) is 76.9 cm³/mol. The van der Waals surface area contributed by atoms with E-state index in [0.29, 0.717) is 6.42 Å². The molecule has 0 bridgehead atoms. The smallest absolute Gasteiger partial charge is 0.222 e. The zero-order valence-electron chi connectivity index (χ0n) is 10.7. The molecule has 3 heteroatoms. The summed E-state index contributed by atoms with van der Waals surface area (Å²) in [6.45, 7) is 1.97. The van der Waals surface area contributed by atoms with Gasteiger partial charge in [0.1, 0.15) is 11.5 Å². The molecule has 0 N–H and O–H groups in total. The molecule has 0 aliphatic rings. The number of hydrogen-bond acceptors (Lipinski definition) is 2. The van der Waals surface area contributed by atoms with E-state index in [9.17, 15) is 4.79 Å². The normalized spacial score (nSPS) is 11.9. The van der Waals surface area contributed by atoms with Gasteiger partial charge in [0.2, 0.25) is 5.24 Å². The lowest BCUT2D eigenvalue weighted by Crippen LogP contribution is -1.98. The van der Waals surface area contributed by atoms with E-state index in [4.69, 9.17) is 16.3 Å². The Balaban J connectivity index is 2.13. The van der Waals surface area contributed by atoms with Gasteiger partial charge >= 0.3 is 0 Å². The number of ether oxygens (including phenoxy) is 1. The second-order valence-electron chi connectivity index (χ2n) is 4.45. The van der Waals surface area contributed by atoms with Crippen molar-refractivity contribution in [3.63, 3.8) is 0 Å². The Labute approximate surface area is 118 Å². The highest BCUT2D eigenvalue weighted by Crippen LogP contribution is 2.27. The monoisotopic (exact) mass is 274 g/mol. The number of hydrogen-bond donors (Lipinski definition) is 0. The summed E-state index contributed by atoms with van der Waals surface area (Å²) in [5, 5.41) is -0.318. The van der Waals surface area contributed by atoms with E-state index in [-0.39, 0.29) is 11.2 Å². The maximum Gasteiger partial charge on any atom is 0.222 e. The standard InChI is InChI=1S/C16H15ClO2/c1-12(10-16(17)18)13-6-5-9-15(11-13)19-14-7-3-2-4-8-14/h2-9,11-12H,10H2,1H3. The van der Waals surface area contributed by atoms with Crippen molar-refractivity contribution >= 4 is 16.8 Å². The number of carbonyl (C=O) groups excluding carboxylic acids is 1. The molecule has 1 unspecified atom stereocenters. The highest BCUT2D eigenvalue weighted by atomic mass is 35.5.